The summed E-state index contributed by atoms with van der Waals surface area (Å²) >= 11 is 3.48. The molecule has 4 nitrogen and oxygen atoms in total. The summed E-state index contributed by atoms with van der Waals surface area (Å²) < 4.78 is 6.41. The Bertz CT molecular complexity index is 540. The summed E-state index contributed by atoms with van der Waals surface area (Å²) in [6.45, 7) is 7.25. The Kier molecular flexibility index (Phi) is 8.20. The molecule has 2 rings (SSSR count). The van der Waals surface area contributed by atoms with E-state index in [4.69, 9.17) is 4.74 Å². The Morgan fingerprint density at radius 3 is 2.62 bits per heavy atom. The minimum Gasteiger partial charge on any atom is -0.384 e. The van der Waals surface area contributed by atoms with E-state index in [2.05, 4.69) is 26.6 Å². The van der Waals surface area contributed by atoms with Crippen LogP contribution in [0.15, 0.2) is 28.7 Å². The van der Waals surface area contributed by atoms with Gasteiger partial charge >= 0.3 is 0 Å². The van der Waals surface area contributed by atoms with Crippen LogP contribution in [-0.4, -0.2) is 39.3 Å². The maximum atomic E-state index is 12.8. The fraction of sp³-hybridized carbons (Fsp3) is 0.611. The molecule has 6 heteroatoms. The predicted molar refractivity (Wildman–Crippen MR) is 104 cm³/mol. The van der Waals surface area contributed by atoms with Crippen LogP contribution in [0.25, 0.3) is 0 Å². The standard InChI is InChI=1S/C18H27BrN2O2.ClH/c1-17(2,14-5-4-6-15(19)11-14)16(22)21-12-18(13-23-3)7-9-20-10-8-18;/h4-6,11,20H,7-10,12-13H2,1-3H3,(H,21,22);1H. The minimum atomic E-state index is -0.565. The molecule has 2 N–H and O–H groups in total. The lowest BCUT2D eigenvalue weighted by Crippen LogP contribution is -2.50. The number of amides is 1. The third kappa shape index (κ3) is 5.19. The smallest absolute Gasteiger partial charge is 0.230 e. The molecule has 1 amide bonds. The van der Waals surface area contributed by atoms with Gasteiger partial charge in [0.1, 0.15) is 0 Å². The third-order valence-electron chi connectivity index (χ3n) is 4.85. The van der Waals surface area contributed by atoms with Gasteiger partial charge in [-0.1, -0.05) is 28.1 Å². The molecule has 0 bridgehead atoms. The molecule has 1 aromatic rings. The Hall–Kier alpha value is -0.620. The number of ether oxygens (including phenoxy) is 1. The first kappa shape index (κ1) is 21.4. The van der Waals surface area contributed by atoms with Crippen molar-refractivity contribution in [3.8, 4) is 0 Å². The summed E-state index contributed by atoms with van der Waals surface area (Å²) in [5.74, 6) is 0.0598. The summed E-state index contributed by atoms with van der Waals surface area (Å²) in [5, 5.41) is 6.55. The first-order valence-corrected chi connectivity index (χ1v) is 8.93. The molecule has 1 heterocycles. The molecule has 1 fully saturated rings. The van der Waals surface area contributed by atoms with Gasteiger partial charge < -0.3 is 15.4 Å². The van der Waals surface area contributed by atoms with E-state index in [1.807, 2.05) is 38.1 Å². The van der Waals surface area contributed by atoms with Gasteiger partial charge in [-0.25, -0.2) is 0 Å². The van der Waals surface area contributed by atoms with Crippen molar-refractivity contribution in [2.45, 2.75) is 32.1 Å². The number of carbonyl (C=O) groups is 1. The first-order valence-electron chi connectivity index (χ1n) is 8.14. The summed E-state index contributed by atoms with van der Waals surface area (Å²) in [4.78, 5) is 12.8. The van der Waals surface area contributed by atoms with Gasteiger partial charge in [-0.15, -0.1) is 12.4 Å². The first-order chi connectivity index (χ1) is 10.9. The Morgan fingerprint density at radius 2 is 2.04 bits per heavy atom. The van der Waals surface area contributed by atoms with Crippen LogP contribution >= 0.6 is 28.3 Å². The number of hydrogen-bond acceptors (Lipinski definition) is 3. The highest BCUT2D eigenvalue weighted by Crippen LogP contribution is 2.30. The van der Waals surface area contributed by atoms with Crippen LogP contribution in [0.2, 0.25) is 0 Å². The van der Waals surface area contributed by atoms with Crippen molar-refractivity contribution in [1.29, 1.82) is 0 Å². The Labute approximate surface area is 159 Å². The zero-order valence-corrected chi connectivity index (χ0v) is 17.1. The van der Waals surface area contributed by atoms with E-state index in [0.717, 1.165) is 36.0 Å². The molecule has 1 aromatic carbocycles. The molecular weight excluding hydrogens is 392 g/mol. The van der Waals surface area contributed by atoms with Crippen molar-refractivity contribution in [3.63, 3.8) is 0 Å². The lowest BCUT2D eigenvalue weighted by atomic mass is 9.78. The van der Waals surface area contributed by atoms with Crippen molar-refractivity contribution in [2.24, 2.45) is 5.41 Å². The van der Waals surface area contributed by atoms with Gasteiger partial charge in [-0.3, -0.25) is 4.79 Å². The van der Waals surface area contributed by atoms with Gasteiger partial charge in [0.15, 0.2) is 0 Å². The molecular formula is C18H28BrClN2O2. The molecule has 1 aliphatic rings. The van der Waals surface area contributed by atoms with Crippen molar-refractivity contribution in [2.75, 3.05) is 33.4 Å². The van der Waals surface area contributed by atoms with Crippen LogP contribution in [-0.2, 0) is 14.9 Å². The summed E-state index contributed by atoms with van der Waals surface area (Å²) in [5.41, 5.74) is 0.490. The molecule has 0 spiro atoms. The normalized spacial score (nSPS) is 17.0. The van der Waals surface area contributed by atoms with Crippen molar-refractivity contribution >= 4 is 34.2 Å². The highest BCUT2D eigenvalue weighted by molar-refractivity contribution is 9.10. The van der Waals surface area contributed by atoms with Crippen LogP contribution in [0.1, 0.15) is 32.3 Å². The number of hydrogen-bond donors (Lipinski definition) is 2. The molecule has 1 saturated heterocycles. The molecule has 0 radical (unpaired) electrons. The summed E-state index contributed by atoms with van der Waals surface area (Å²) in [6.07, 6.45) is 2.05. The topological polar surface area (TPSA) is 50.4 Å². The lowest BCUT2D eigenvalue weighted by Gasteiger charge is -2.38. The monoisotopic (exact) mass is 418 g/mol. The van der Waals surface area contributed by atoms with E-state index in [1.54, 1.807) is 7.11 Å². The van der Waals surface area contributed by atoms with Crippen molar-refractivity contribution < 1.29 is 9.53 Å². The predicted octanol–water partition coefficient (Wildman–Crippen LogP) is 3.28. The van der Waals surface area contributed by atoms with Crippen molar-refractivity contribution in [1.82, 2.24) is 10.6 Å². The molecule has 0 unspecified atom stereocenters. The van der Waals surface area contributed by atoms with Gasteiger partial charge in [0, 0.05) is 23.5 Å². The zero-order chi connectivity index (χ0) is 16.9. The molecule has 136 valence electrons. The van der Waals surface area contributed by atoms with E-state index in [-0.39, 0.29) is 23.7 Å². The second-order valence-corrected chi connectivity index (χ2v) is 7.92. The summed E-state index contributed by atoms with van der Waals surface area (Å²) in [7, 11) is 1.73. The van der Waals surface area contributed by atoms with Crippen LogP contribution in [0, 0.1) is 5.41 Å². The highest BCUT2D eigenvalue weighted by atomic mass is 79.9. The van der Waals surface area contributed by atoms with Crippen LogP contribution in [0.3, 0.4) is 0 Å². The Balaban J connectivity index is 0.00000288. The quantitative estimate of drug-likeness (QED) is 0.744. The van der Waals surface area contributed by atoms with Crippen LogP contribution in [0.5, 0.6) is 0 Å². The van der Waals surface area contributed by atoms with E-state index in [9.17, 15) is 4.79 Å². The van der Waals surface area contributed by atoms with Gasteiger partial charge in [0.25, 0.3) is 0 Å². The number of nitrogens with one attached hydrogen (secondary N) is 2. The van der Waals surface area contributed by atoms with E-state index in [0.29, 0.717) is 13.2 Å². The van der Waals surface area contributed by atoms with E-state index < -0.39 is 5.41 Å². The lowest BCUT2D eigenvalue weighted by molar-refractivity contribution is -0.126. The Morgan fingerprint density at radius 1 is 1.38 bits per heavy atom. The fourth-order valence-electron chi connectivity index (χ4n) is 3.13. The molecule has 0 aliphatic carbocycles. The molecule has 0 atom stereocenters. The number of benzene rings is 1. The van der Waals surface area contributed by atoms with Gasteiger partial charge in [-0.2, -0.15) is 0 Å². The average molecular weight is 420 g/mol. The van der Waals surface area contributed by atoms with Gasteiger partial charge in [-0.05, 0) is 57.5 Å². The average Bonchev–Trinajstić information content (AvgIpc) is 2.54. The van der Waals surface area contributed by atoms with Gasteiger partial charge in [0.2, 0.25) is 5.91 Å². The number of carbonyl (C=O) groups excluding carboxylic acids is 1. The highest BCUT2D eigenvalue weighted by Gasteiger charge is 2.35. The van der Waals surface area contributed by atoms with Crippen molar-refractivity contribution in [3.05, 3.63) is 34.3 Å². The largest absolute Gasteiger partial charge is 0.384 e. The number of methoxy groups -OCH3 is 1. The molecule has 1 aliphatic heterocycles. The second kappa shape index (κ2) is 9.18. The summed E-state index contributed by atoms with van der Waals surface area (Å²) in [6, 6.07) is 7.95. The van der Waals surface area contributed by atoms with Gasteiger partial charge in [0.05, 0.1) is 12.0 Å². The number of piperidine rings is 1. The maximum Gasteiger partial charge on any atom is 0.230 e. The SMILES string of the molecule is COCC1(CNC(=O)C(C)(C)c2cccc(Br)c2)CCNCC1.Cl. The molecule has 24 heavy (non-hydrogen) atoms. The zero-order valence-electron chi connectivity index (χ0n) is 14.7. The molecule has 0 aromatic heterocycles. The van der Waals surface area contributed by atoms with Crippen LogP contribution < -0.4 is 10.6 Å². The van der Waals surface area contributed by atoms with Crippen LogP contribution in [0.4, 0.5) is 0 Å². The fourth-order valence-corrected chi connectivity index (χ4v) is 3.53. The third-order valence-corrected chi connectivity index (χ3v) is 5.35. The minimum absolute atomic E-state index is 0. The number of halogens is 2. The van der Waals surface area contributed by atoms with E-state index >= 15 is 0 Å². The maximum absolute atomic E-state index is 12.8. The molecule has 0 saturated carbocycles. The number of rotatable bonds is 6. The van der Waals surface area contributed by atoms with E-state index in [1.165, 1.54) is 0 Å². The second-order valence-electron chi connectivity index (χ2n) is 7.00.